The Morgan fingerprint density at radius 2 is 2.22 bits per heavy atom. The highest BCUT2D eigenvalue weighted by molar-refractivity contribution is 7.16. The fourth-order valence-electron chi connectivity index (χ4n) is 3.33. The first-order valence-corrected chi connectivity index (χ1v) is 9.48. The molecule has 1 aromatic rings. The highest BCUT2D eigenvalue weighted by Crippen LogP contribution is 2.40. The van der Waals surface area contributed by atoms with Gasteiger partial charge in [0.2, 0.25) is 0 Å². The predicted molar refractivity (Wildman–Crippen MR) is 94.3 cm³/mol. The second-order valence-electron chi connectivity index (χ2n) is 7.66. The minimum Gasteiger partial charge on any atom is -0.444 e. The maximum atomic E-state index is 12.1. The molecule has 1 unspecified atom stereocenters. The number of fused-ring (bicyclic) bond motifs is 1. The number of ether oxygens (including phenoxy) is 1. The van der Waals surface area contributed by atoms with Crippen molar-refractivity contribution in [3.63, 3.8) is 0 Å². The summed E-state index contributed by atoms with van der Waals surface area (Å²) in [6.45, 7) is 6.44. The number of nitrogens with one attached hydrogen (secondary N) is 2. The van der Waals surface area contributed by atoms with Crippen molar-refractivity contribution in [1.29, 1.82) is 0 Å². The Morgan fingerprint density at radius 1 is 1.48 bits per heavy atom. The molecular formula is C17H25ClN2O2S. The minimum absolute atomic E-state index is 0.162. The van der Waals surface area contributed by atoms with Crippen molar-refractivity contribution in [3.8, 4) is 0 Å². The van der Waals surface area contributed by atoms with Gasteiger partial charge < -0.3 is 15.4 Å². The molecule has 0 radical (unpaired) electrons. The summed E-state index contributed by atoms with van der Waals surface area (Å²) in [6, 6.07) is 2.44. The average molecular weight is 357 g/mol. The smallest absolute Gasteiger partial charge is 0.408 e. The molecule has 1 amide bonds. The summed E-state index contributed by atoms with van der Waals surface area (Å²) in [5.41, 5.74) is 0.716. The number of carbonyl (C=O) groups excluding carboxylic acids is 1. The Bertz CT molecular complexity index is 590. The predicted octanol–water partition coefficient (Wildman–Crippen LogP) is 4.43. The molecule has 6 heteroatoms. The Hall–Kier alpha value is -0.780. The zero-order valence-corrected chi connectivity index (χ0v) is 15.6. The molecule has 0 bridgehead atoms. The van der Waals surface area contributed by atoms with Crippen LogP contribution in [0.3, 0.4) is 0 Å². The van der Waals surface area contributed by atoms with Crippen LogP contribution in [0.4, 0.5) is 4.79 Å². The number of hydrogen-bond donors (Lipinski definition) is 2. The number of rotatable bonds is 4. The summed E-state index contributed by atoms with van der Waals surface area (Å²) in [5, 5.41) is 6.73. The van der Waals surface area contributed by atoms with Crippen LogP contribution in [-0.2, 0) is 11.2 Å². The standard InChI is InChI=1S/C17H25ClN2O2S/c1-16(2,3)22-15(21)20-17(7-4-8-17)10-19-12-5-6-13-11(12)9-14(18)23-13/h9,12,19H,4-8,10H2,1-3H3,(H,20,21). The molecule has 3 rings (SSSR count). The molecule has 23 heavy (non-hydrogen) atoms. The van der Waals surface area contributed by atoms with E-state index in [4.69, 9.17) is 16.3 Å². The molecule has 0 saturated heterocycles. The van der Waals surface area contributed by atoms with Crippen molar-refractivity contribution in [2.45, 2.75) is 70.1 Å². The van der Waals surface area contributed by atoms with Crippen molar-refractivity contribution in [1.82, 2.24) is 10.6 Å². The molecule has 1 aromatic heterocycles. The summed E-state index contributed by atoms with van der Waals surface area (Å²) < 4.78 is 6.27. The van der Waals surface area contributed by atoms with E-state index in [-0.39, 0.29) is 11.6 Å². The van der Waals surface area contributed by atoms with Crippen molar-refractivity contribution in [2.75, 3.05) is 6.54 Å². The van der Waals surface area contributed by atoms with Gasteiger partial charge in [-0.05, 0) is 64.5 Å². The van der Waals surface area contributed by atoms with E-state index in [1.54, 1.807) is 11.3 Å². The first-order chi connectivity index (χ1) is 10.8. The van der Waals surface area contributed by atoms with Crippen molar-refractivity contribution in [3.05, 3.63) is 20.8 Å². The molecular weight excluding hydrogens is 332 g/mol. The Morgan fingerprint density at radius 3 is 2.83 bits per heavy atom. The summed E-state index contributed by atoms with van der Waals surface area (Å²) in [4.78, 5) is 13.5. The lowest BCUT2D eigenvalue weighted by molar-refractivity contribution is 0.0379. The van der Waals surface area contributed by atoms with Gasteiger partial charge in [0.1, 0.15) is 5.60 Å². The third-order valence-electron chi connectivity index (χ3n) is 4.61. The van der Waals surface area contributed by atoms with Crippen LogP contribution < -0.4 is 10.6 Å². The molecule has 2 aliphatic carbocycles. The molecule has 2 N–H and O–H groups in total. The Kier molecular flexibility index (Phi) is 4.64. The number of thiophene rings is 1. The van der Waals surface area contributed by atoms with Gasteiger partial charge in [-0.25, -0.2) is 4.79 Å². The third kappa shape index (κ3) is 4.01. The van der Waals surface area contributed by atoms with Gasteiger partial charge in [0.05, 0.1) is 9.88 Å². The SMILES string of the molecule is CC(C)(C)OC(=O)NC1(CNC2CCc3sc(Cl)cc32)CCC1. The number of halogens is 1. The third-order valence-corrected chi connectivity index (χ3v) is 5.95. The monoisotopic (exact) mass is 356 g/mol. The van der Waals surface area contributed by atoms with E-state index >= 15 is 0 Å². The first-order valence-electron chi connectivity index (χ1n) is 8.29. The first kappa shape index (κ1) is 17.1. The van der Waals surface area contributed by atoms with E-state index in [0.29, 0.717) is 6.04 Å². The lowest BCUT2D eigenvalue weighted by Gasteiger charge is -2.43. The summed E-state index contributed by atoms with van der Waals surface area (Å²) in [5.74, 6) is 0. The topological polar surface area (TPSA) is 50.4 Å². The van der Waals surface area contributed by atoms with Gasteiger partial charge in [-0.1, -0.05) is 11.6 Å². The van der Waals surface area contributed by atoms with Crippen LogP contribution in [0.1, 0.15) is 62.9 Å². The lowest BCUT2D eigenvalue weighted by Crippen LogP contribution is -2.60. The quantitative estimate of drug-likeness (QED) is 0.839. The van der Waals surface area contributed by atoms with Crippen molar-refractivity contribution in [2.24, 2.45) is 0 Å². The van der Waals surface area contributed by atoms with E-state index in [1.165, 1.54) is 10.4 Å². The highest BCUT2D eigenvalue weighted by atomic mass is 35.5. The van der Waals surface area contributed by atoms with Crippen LogP contribution >= 0.6 is 22.9 Å². The van der Waals surface area contributed by atoms with Crippen LogP contribution in [0, 0.1) is 0 Å². The fraction of sp³-hybridized carbons (Fsp3) is 0.706. The van der Waals surface area contributed by atoms with Gasteiger partial charge in [0.15, 0.2) is 0 Å². The fourth-order valence-corrected chi connectivity index (χ4v) is 4.69. The Labute approximate surface area is 146 Å². The van der Waals surface area contributed by atoms with Crippen molar-refractivity contribution >= 4 is 29.0 Å². The second kappa shape index (κ2) is 6.26. The summed E-state index contributed by atoms with van der Waals surface area (Å²) in [6.07, 6.45) is 5.05. The minimum atomic E-state index is -0.462. The van der Waals surface area contributed by atoms with Gasteiger partial charge >= 0.3 is 6.09 Å². The molecule has 4 nitrogen and oxygen atoms in total. The molecule has 0 aromatic carbocycles. The molecule has 1 atom stereocenters. The average Bonchev–Trinajstić information content (AvgIpc) is 2.89. The van der Waals surface area contributed by atoms with Gasteiger partial charge in [-0.15, -0.1) is 11.3 Å². The number of amides is 1. The molecule has 0 spiro atoms. The normalized spacial score (nSPS) is 22.3. The van der Waals surface area contributed by atoms with Crippen LogP contribution in [-0.4, -0.2) is 23.8 Å². The van der Waals surface area contributed by atoms with Crippen LogP contribution in [0.2, 0.25) is 4.34 Å². The molecule has 0 aliphatic heterocycles. The maximum Gasteiger partial charge on any atom is 0.408 e. The number of aryl methyl sites for hydroxylation is 1. The number of alkyl carbamates (subject to hydrolysis) is 1. The van der Waals surface area contributed by atoms with E-state index < -0.39 is 5.60 Å². The van der Waals surface area contributed by atoms with Gasteiger partial charge in [0.25, 0.3) is 0 Å². The number of hydrogen-bond acceptors (Lipinski definition) is 4. The molecule has 128 valence electrons. The summed E-state index contributed by atoms with van der Waals surface area (Å²) in [7, 11) is 0. The highest BCUT2D eigenvalue weighted by Gasteiger charge is 2.40. The van der Waals surface area contributed by atoms with Gasteiger partial charge in [-0.2, -0.15) is 0 Å². The van der Waals surface area contributed by atoms with Crippen molar-refractivity contribution < 1.29 is 9.53 Å². The molecule has 1 fully saturated rings. The second-order valence-corrected chi connectivity index (χ2v) is 9.43. The molecule has 1 heterocycles. The molecule has 2 aliphatic rings. The molecule has 1 saturated carbocycles. The Balaban J connectivity index is 1.56. The number of carbonyl (C=O) groups is 1. The zero-order chi connectivity index (χ0) is 16.7. The maximum absolute atomic E-state index is 12.1. The van der Waals surface area contributed by atoms with E-state index in [2.05, 4.69) is 16.7 Å². The zero-order valence-electron chi connectivity index (χ0n) is 14.0. The van der Waals surface area contributed by atoms with Crippen LogP contribution in [0.5, 0.6) is 0 Å². The summed E-state index contributed by atoms with van der Waals surface area (Å²) >= 11 is 7.81. The van der Waals surface area contributed by atoms with Gasteiger partial charge in [0, 0.05) is 17.5 Å². The van der Waals surface area contributed by atoms with Gasteiger partial charge in [-0.3, -0.25) is 0 Å². The van der Waals surface area contributed by atoms with E-state index in [0.717, 1.165) is 43.0 Å². The lowest BCUT2D eigenvalue weighted by atomic mass is 9.76. The van der Waals surface area contributed by atoms with Crippen LogP contribution in [0.25, 0.3) is 0 Å². The van der Waals surface area contributed by atoms with E-state index in [9.17, 15) is 4.79 Å². The van der Waals surface area contributed by atoms with Crippen LogP contribution in [0.15, 0.2) is 6.07 Å². The van der Waals surface area contributed by atoms with E-state index in [1.807, 2.05) is 20.8 Å². The largest absolute Gasteiger partial charge is 0.444 e.